The molecule has 5 heteroatoms. The van der Waals surface area contributed by atoms with Crippen LogP contribution in [0.2, 0.25) is 0 Å². The molecule has 0 saturated carbocycles. The number of hydrogen-bond acceptors (Lipinski definition) is 3. The van der Waals surface area contributed by atoms with Gasteiger partial charge in [0.15, 0.2) is 0 Å². The zero-order valence-corrected chi connectivity index (χ0v) is 14.6. The number of carbonyl (C=O) groups excluding carboxylic acids is 1. The quantitative estimate of drug-likeness (QED) is 0.564. The first kappa shape index (κ1) is 17.1. The number of hydrogen-bond donors (Lipinski definition) is 0. The average Bonchev–Trinajstić information content (AvgIpc) is 2.34. The molecule has 20 heavy (non-hydrogen) atoms. The van der Waals surface area contributed by atoms with Gasteiger partial charge in [0, 0.05) is 17.2 Å². The molecule has 0 N–H and O–H groups in total. The van der Waals surface area contributed by atoms with Gasteiger partial charge in [-0.2, -0.15) is 0 Å². The monoisotopic (exact) mass is 391 g/mol. The van der Waals surface area contributed by atoms with E-state index in [1.165, 1.54) is 3.57 Å². The Morgan fingerprint density at radius 2 is 1.85 bits per heavy atom. The Hall–Kier alpha value is -0.980. The largest absolute Gasteiger partial charge is 0.494 e. The van der Waals surface area contributed by atoms with Gasteiger partial charge in [-0.3, -0.25) is 0 Å². The van der Waals surface area contributed by atoms with Gasteiger partial charge in [-0.25, -0.2) is 4.79 Å². The number of carbonyl (C=O) groups is 1. The van der Waals surface area contributed by atoms with Crippen molar-refractivity contribution in [2.45, 2.75) is 32.8 Å². The van der Waals surface area contributed by atoms with E-state index >= 15 is 0 Å². The standard InChI is InChI=1S/C15H22INO3/c1-15(2,3)20-14(18)17(4)10-5-11-19-13-8-6-12(16)7-9-13/h6-9H,5,10-11H2,1-4H3. The lowest BCUT2D eigenvalue weighted by molar-refractivity contribution is 0.0292. The predicted octanol–water partition coefficient (Wildman–Crippen LogP) is 3.93. The van der Waals surface area contributed by atoms with Crippen LogP contribution in [-0.2, 0) is 4.74 Å². The summed E-state index contributed by atoms with van der Waals surface area (Å²) in [5.74, 6) is 0.852. The Morgan fingerprint density at radius 1 is 1.25 bits per heavy atom. The van der Waals surface area contributed by atoms with E-state index in [2.05, 4.69) is 22.6 Å². The molecule has 1 rings (SSSR count). The van der Waals surface area contributed by atoms with Gasteiger partial charge in [-0.05, 0) is 74.0 Å². The first-order valence-corrected chi connectivity index (χ1v) is 7.68. The van der Waals surface area contributed by atoms with Crippen LogP contribution >= 0.6 is 22.6 Å². The van der Waals surface area contributed by atoms with Crippen molar-refractivity contribution in [2.24, 2.45) is 0 Å². The molecule has 0 atom stereocenters. The van der Waals surface area contributed by atoms with Crippen molar-refractivity contribution in [3.63, 3.8) is 0 Å². The van der Waals surface area contributed by atoms with Gasteiger partial charge >= 0.3 is 6.09 Å². The molecule has 1 aromatic rings. The van der Waals surface area contributed by atoms with E-state index in [0.29, 0.717) is 13.2 Å². The second-order valence-corrected chi connectivity index (χ2v) is 6.80. The highest BCUT2D eigenvalue weighted by molar-refractivity contribution is 14.1. The maximum atomic E-state index is 11.7. The average molecular weight is 391 g/mol. The van der Waals surface area contributed by atoms with Gasteiger partial charge < -0.3 is 14.4 Å². The molecule has 0 aliphatic heterocycles. The lowest BCUT2D eigenvalue weighted by Gasteiger charge is -2.24. The molecule has 0 aliphatic carbocycles. The highest BCUT2D eigenvalue weighted by Crippen LogP contribution is 2.14. The second-order valence-electron chi connectivity index (χ2n) is 5.56. The number of ether oxygens (including phenoxy) is 2. The van der Waals surface area contributed by atoms with E-state index in [1.54, 1.807) is 11.9 Å². The second kappa shape index (κ2) is 7.71. The van der Waals surface area contributed by atoms with Crippen LogP contribution in [0.25, 0.3) is 0 Å². The van der Waals surface area contributed by atoms with Crippen LogP contribution in [0, 0.1) is 3.57 Å². The van der Waals surface area contributed by atoms with Gasteiger partial charge in [-0.1, -0.05) is 0 Å². The first-order chi connectivity index (χ1) is 9.28. The van der Waals surface area contributed by atoms with Crippen molar-refractivity contribution in [3.05, 3.63) is 27.8 Å². The Balaban J connectivity index is 2.23. The van der Waals surface area contributed by atoms with Crippen molar-refractivity contribution in [3.8, 4) is 5.75 Å². The van der Waals surface area contributed by atoms with E-state index in [4.69, 9.17) is 9.47 Å². The van der Waals surface area contributed by atoms with E-state index in [1.807, 2.05) is 45.0 Å². The molecule has 0 aliphatic rings. The maximum Gasteiger partial charge on any atom is 0.410 e. The maximum absolute atomic E-state index is 11.7. The van der Waals surface area contributed by atoms with E-state index in [0.717, 1.165) is 12.2 Å². The SMILES string of the molecule is CN(CCCOc1ccc(I)cc1)C(=O)OC(C)(C)C. The minimum absolute atomic E-state index is 0.299. The van der Waals surface area contributed by atoms with Gasteiger partial charge in [0.1, 0.15) is 11.4 Å². The summed E-state index contributed by atoms with van der Waals surface area (Å²) in [6.07, 6.45) is 0.466. The van der Waals surface area contributed by atoms with Crippen molar-refractivity contribution in [1.82, 2.24) is 4.90 Å². The third-order valence-corrected chi connectivity index (χ3v) is 3.14. The molecule has 0 heterocycles. The number of nitrogens with zero attached hydrogens (tertiary/aromatic N) is 1. The third-order valence-electron chi connectivity index (χ3n) is 2.43. The lowest BCUT2D eigenvalue weighted by Crippen LogP contribution is -2.35. The molecule has 112 valence electrons. The molecule has 0 unspecified atom stereocenters. The Labute approximate surface area is 134 Å². The molecule has 0 radical (unpaired) electrons. The van der Waals surface area contributed by atoms with Crippen LogP contribution in [0.15, 0.2) is 24.3 Å². The van der Waals surface area contributed by atoms with E-state index in [9.17, 15) is 4.79 Å². The lowest BCUT2D eigenvalue weighted by atomic mass is 10.2. The molecule has 0 bridgehead atoms. The number of benzene rings is 1. The summed E-state index contributed by atoms with van der Waals surface area (Å²) in [6, 6.07) is 7.89. The molecule has 0 fully saturated rings. The van der Waals surface area contributed by atoms with Gasteiger partial charge in [0.25, 0.3) is 0 Å². The van der Waals surface area contributed by atoms with Gasteiger partial charge in [-0.15, -0.1) is 0 Å². The summed E-state index contributed by atoms with van der Waals surface area (Å²) in [7, 11) is 1.74. The highest BCUT2D eigenvalue weighted by Gasteiger charge is 2.19. The normalized spacial score (nSPS) is 11.1. The van der Waals surface area contributed by atoms with Crippen LogP contribution in [0.3, 0.4) is 0 Å². The molecule has 0 saturated heterocycles. The zero-order valence-electron chi connectivity index (χ0n) is 12.5. The number of rotatable bonds is 5. The molecular weight excluding hydrogens is 369 g/mol. The molecule has 0 aromatic heterocycles. The topological polar surface area (TPSA) is 38.8 Å². The third kappa shape index (κ3) is 6.98. The Kier molecular flexibility index (Phi) is 6.58. The fraction of sp³-hybridized carbons (Fsp3) is 0.533. The Morgan fingerprint density at radius 3 is 2.40 bits per heavy atom. The molecular formula is C15H22INO3. The van der Waals surface area contributed by atoms with Crippen LogP contribution in [-0.4, -0.2) is 36.8 Å². The molecule has 0 spiro atoms. The minimum Gasteiger partial charge on any atom is -0.494 e. The van der Waals surface area contributed by atoms with Crippen LogP contribution in [0.4, 0.5) is 4.79 Å². The Bertz CT molecular complexity index is 426. The first-order valence-electron chi connectivity index (χ1n) is 6.60. The highest BCUT2D eigenvalue weighted by atomic mass is 127. The fourth-order valence-corrected chi connectivity index (χ4v) is 1.81. The smallest absolute Gasteiger partial charge is 0.410 e. The summed E-state index contributed by atoms with van der Waals surface area (Å²) < 4.78 is 12.1. The van der Waals surface area contributed by atoms with Crippen molar-refractivity contribution in [1.29, 1.82) is 0 Å². The van der Waals surface area contributed by atoms with E-state index in [-0.39, 0.29) is 6.09 Å². The van der Waals surface area contributed by atoms with Crippen molar-refractivity contribution < 1.29 is 14.3 Å². The van der Waals surface area contributed by atoms with Crippen LogP contribution in [0.5, 0.6) is 5.75 Å². The number of halogens is 1. The minimum atomic E-state index is -0.455. The van der Waals surface area contributed by atoms with E-state index < -0.39 is 5.60 Å². The summed E-state index contributed by atoms with van der Waals surface area (Å²) in [4.78, 5) is 13.3. The van der Waals surface area contributed by atoms with Crippen molar-refractivity contribution in [2.75, 3.05) is 20.2 Å². The number of amides is 1. The summed E-state index contributed by atoms with van der Waals surface area (Å²) in [6.45, 7) is 6.77. The van der Waals surface area contributed by atoms with Gasteiger partial charge in [0.05, 0.1) is 6.61 Å². The fourth-order valence-electron chi connectivity index (χ4n) is 1.45. The van der Waals surface area contributed by atoms with Gasteiger partial charge in [0.2, 0.25) is 0 Å². The van der Waals surface area contributed by atoms with Crippen molar-refractivity contribution >= 4 is 28.7 Å². The zero-order chi connectivity index (χ0) is 15.2. The summed E-state index contributed by atoms with van der Waals surface area (Å²) in [5.41, 5.74) is -0.455. The summed E-state index contributed by atoms with van der Waals surface area (Å²) >= 11 is 2.25. The molecule has 1 aromatic carbocycles. The van der Waals surface area contributed by atoms with Crippen LogP contribution < -0.4 is 4.74 Å². The summed E-state index contributed by atoms with van der Waals surface area (Å²) in [5, 5.41) is 0. The molecule has 1 amide bonds. The molecule has 4 nitrogen and oxygen atoms in total. The van der Waals surface area contributed by atoms with Crippen LogP contribution in [0.1, 0.15) is 27.2 Å². The predicted molar refractivity (Wildman–Crippen MR) is 88.1 cm³/mol.